The first kappa shape index (κ1) is 20.9. The van der Waals surface area contributed by atoms with Gasteiger partial charge in [0.15, 0.2) is 0 Å². The Balaban J connectivity index is 1.82. The SMILES string of the molecule is CCN(CC)C(=O)c1ccc2c(c1)N(CC(=O)Nc1ccc(F)cc1)C(=O)CS2. The summed E-state index contributed by atoms with van der Waals surface area (Å²) >= 11 is 1.38. The number of nitrogens with one attached hydrogen (secondary N) is 1. The highest BCUT2D eigenvalue weighted by Crippen LogP contribution is 2.36. The molecule has 0 unspecified atom stereocenters. The van der Waals surface area contributed by atoms with Gasteiger partial charge in [0.05, 0.1) is 11.4 Å². The van der Waals surface area contributed by atoms with Crippen LogP contribution in [-0.4, -0.2) is 48.0 Å². The van der Waals surface area contributed by atoms with Crippen molar-refractivity contribution in [3.63, 3.8) is 0 Å². The van der Waals surface area contributed by atoms with Gasteiger partial charge in [-0.15, -0.1) is 11.8 Å². The molecule has 29 heavy (non-hydrogen) atoms. The Kier molecular flexibility index (Phi) is 6.53. The average Bonchev–Trinajstić information content (AvgIpc) is 2.72. The predicted octanol–water partition coefficient (Wildman–Crippen LogP) is 3.39. The summed E-state index contributed by atoms with van der Waals surface area (Å²) in [4.78, 5) is 41.6. The van der Waals surface area contributed by atoms with Crippen LogP contribution in [-0.2, 0) is 9.59 Å². The number of halogens is 1. The molecule has 0 radical (unpaired) electrons. The molecule has 0 fully saturated rings. The number of nitrogens with zero attached hydrogens (tertiary/aromatic N) is 2. The maximum absolute atomic E-state index is 13.0. The topological polar surface area (TPSA) is 69.7 Å². The summed E-state index contributed by atoms with van der Waals surface area (Å²) in [5, 5.41) is 2.66. The molecule has 8 heteroatoms. The minimum Gasteiger partial charge on any atom is -0.339 e. The number of benzene rings is 2. The molecule has 3 rings (SSSR count). The number of hydrogen-bond acceptors (Lipinski definition) is 4. The van der Waals surface area contributed by atoms with Crippen LogP contribution >= 0.6 is 11.8 Å². The molecule has 1 aliphatic heterocycles. The lowest BCUT2D eigenvalue weighted by atomic mass is 10.1. The summed E-state index contributed by atoms with van der Waals surface area (Å²) in [6.45, 7) is 4.80. The molecule has 2 aromatic carbocycles. The zero-order chi connectivity index (χ0) is 21.0. The zero-order valence-electron chi connectivity index (χ0n) is 16.3. The lowest BCUT2D eigenvalue weighted by Gasteiger charge is -2.29. The molecule has 3 amide bonds. The molecule has 152 valence electrons. The minimum atomic E-state index is -0.400. The van der Waals surface area contributed by atoms with Crippen LogP contribution in [0.15, 0.2) is 47.4 Å². The van der Waals surface area contributed by atoms with Crippen LogP contribution in [0.5, 0.6) is 0 Å². The van der Waals surface area contributed by atoms with E-state index >= 15 is 0 Å². The van der Waals surface area contributed by atoms with E-state index in [4.69, 9.17) is 0 Å². The third-order valence-electron chi connectivity index (χ3n) is 4.63. The molecule has 0 aliphatic carbocycles. The van der Waals surface area contributed by atoms with Crippen molar-refractivity contribution in [2.24, 2.45) is 0 Å². The van der Waals surface area contributed by atoms with Crippen molar-refractivity contribution in [1.82, 2.24) is 4.90 Å². The Hall–Kier alpha value is -2.87. The number of anilines is 2. The summed E-state index contributed by atoms with van der Waals surface area (Å²) < 4.78 is 13.0. The first-order valence-electron chi connectivity index (χ1n) is 9.34. The highest BCUT2D eigenvalue weighted by molar-refractivity contribution is 8.00. The van der Waals surface area contributed by atoms with Crippen LogP contribution in [0.2, 0.25) is 0 Å². The van der Waals surface area contributed by atoms with Gasteiger partial charge in [-0.3, -0.25) is 14.4 Å². The summed E-state index contributed by atoms with van der Waals surface area (Å²) in [5.41, 5.74) is 1.48. The van der Waals surface area contributed by atoms with E-state index < -0.39 is 11.7 Å². The van der Waals surface area contributed by atoms with Crippen LogP contribution in [0.4, 0.5) is 15.8 Å². The molecule has 0 aromatic heterocycles. The van der Waals surface area contributed by atoms with Gasteiger partial charge in [0.25, 0.3) is 5.91 Å². The number of fused-ring (bicyclic) bond motifs is 1. The Labute approximate surface area is 173 Å². The molecule has 0 bridgehead atoms. The van der Waals surface area contributed by atoms with E-state index in [0.29, 0.717) is 30.0 Å². The van der Waals surface area contributed by atoms with Gasteiger partial charge in [0, 0.05) is 29.2 Å². The molecular formula is C21H22FN3O3S. The molecule has 2 aromatic rings. The summed E-state index contributed by atoms with van der Waals surface area (Å²) in [7, 11) is 0. The number of hydrogen-bond donors (Lipinski definition) is 1. The number of rotatable bonds is 6. The van der Waals surface area contributed by atoms with Crippen LogP contribution < -0.4 is 10.2 Å². The van der Waals surface area contributed by atoms with Crippen LogP contribution in [0, 0.1) is 5.82 Å². The van der Waals surface area contributed by atoms with E-state index in [2.05, 4.69) is 5.32 Å². The molecule has 1 aliphatic rings. The zero-order valence-corrected chi connectivity index (χ0v) is 17.1. The fourth-order valence-electron chi connectivity index (χ4n) is 3.08. The van der Waals surface area contributed by atoms with Crippen molar-refractivity contribution in [3.05, 3.63) is 53.8 Å². The lowest BCUT2D eigenvalue weighted by Crippen LogP contribution is -2.41. The van der Waals surface area contributed by atoms with Gasteiger partial charge in [-0.1, -0.05) is 0 Å². The third kappa shape index (κ3) is 4.76. The Morgan fingerprint density at radius 2 is 1.83 bits per heavy atom. The van der Waals surface area contributed by atoms with E-state index in [1.165, 1.54) is 40.9 Å². The van der Waals surface area contributed by atoms with E-state index in [0.717, 1.165) is 4.90 Å². The normalized spacial score (nSPS) is 13.1. The summed E-state index contributed by atoms with van der Waals surface area (Å²) in [6, 6.07) is 10.6. The predicted molar refractivity (Wildman–Crippen MR) is 112 cm³/mol. The summed E-state index contributed by atoms with van der Waals surface area (Å²) in [6.07, 6.45) is 0. The maximum atomic E-state index is 13.0. The Morgan fingerprint density at radius 3 is 2.48 bits per heavy atom. The van der Waals surface area contributed by atoms with E-state index in [1.807, 2.05) is 19.9 Å². The van der Waals surface area contributed by atoms with Crippen LogP contribution in [0.1, 0.15) is 24.2 Å². The van der Waals surface area contributed by atoms with Crippen molar-refractivity contribution >= 4 is 40.9 Å². The second-order valence-corrected chi connectivity index (χ2v) is 7.50. The van der Waals surface area contributed by atoms with Crippen molar-refractivity contribution < 1.29 is 18.8 Å². The molecule has 0 spiro atoms. The fraction of sp³-hybridized carbons (Fsp3) is 0.286. The maximum Gasteiger partial charge on any atom is 0.253 e. The van der Waals surface area contributed by atoms with E-state index in [1.54, 1.807) is 17.0 Å². The highest BCUT2D eigenvalue weighted by Gasteiger charge is 2.28. The van der Waals surface area contributed by atoms with Crippen LogP contribution in [0.25, 0.3) is 0 Å². The molecule has 6 nitrogen and oxygen atoms in total. The van der Waals surface area contributed by atoms with Crippen molar-refractivity contribution in [3.8, 4) is 0 Å². The quantitative estimate of drug-likeness (QED) is 0.785. The molecular weight excluding hydrogens is 393 g/mol. The number of amides is 3. The molecule has 0 saturated carbocycles. The largest absolute Gasteiger partial charge is 0.339 e. The van der Waals surface area contributed by atoms with Gasteiger partial charge < -0.3 is 15.1 Å². The third-order valence-corrected chi connectivity index (χ3v) is 5.68. The van der Waals surface area contributed by atoms with Crippen molar-refractivity contribution in [2.75, 3.05) is 35.6 Å². The number of carbonyl (C=O) groups excluding carboxylic acids is 3. The second kappa shape index (κ2) is 9.09. The van der Waals surface area contributed by atoms with Gasteiger partial charge >= 0.3 is 0 Å². The van der Waals surface area contributed by atoms with Crippen LogP contribution in [0.3, 0.4) is 0 Å². The Morgan fingerprint density at radius 1 is 1.14 bits per heavy atom. The van der Waals surface area contributed by atoms with Gasteiger partial charge in [0.1, 0.15) is 12.4 Å². The fourth-order valence-corrected chi connectivity index (χ4v) is 4.00. The molecule has 0 saturated heterocycles. The average molecular weight is 415 g/mol. The lowest BCUT2D eigenvalue weighted by molar-refractivity contribution is -0.120. The first-order chi connectivity index (χ1) is 13.9. The van der Waals surface area contributed by atoms with Crippen molar-refractivity contribution in [2.45, 2.75) is 18.7 Å². The number of carbonyl (C=O) groups is 3. The molecule has 1 heterocycles. The first-order valence-corrected chi connectivity index (χ1v) is 10.3. The van der Waals surface area contributed by atoms with Gasteiger partial charge in [0.2, 0.25) is 11.8 Å². The standard InChI is InChI=1S/C21H22FN3O3S/c1-3-24(4-2)21(28)14-5-10-18-17(11-14)25(20(27)13-29-18)12-19(26)23-16-8-6-15(22)7-9-16/h5-11H,3-4,12-13H2,1-2H3,(H,23,26). The minimum absolute atomic E-state index is 0.114. The van der Waals surface area contributed by atoms with E-state index in [-0.39, 0.29) is 24.1 Å². The Bertz CT molecular complexity index is 929. The summed E-state index contributed by atoms with van der Waals surface area (Å²) in [5.74, 6) is -0.894. The second-order valence-electron chi connectivity index (χ2n) is 6.48. The molecule has 1 N–H and O–H groups in total. The monoisotopic (exact) mass is 415 g/mol. The van der Waals surface area contributed by atoms with Gasteiger partial charge in [-0.25, -0.2) is 4.39 Å². The highest BCUT2D eigenvalue weighted by atomic mass is 32.2. The number of thioether (sulfide) groups is 1. The molecule has 0 atom stereocenters. The smallest absolute Gasteiger partial charge is 0.253 e. The van der Waals surface area contributed by atoms with Gasteiger partial charge in [-0.2, -0.15) is 0 Å². The van der Waals surface area contributed by atoms with Gasteiger partial charge in [-0.05, 0) is 56.3 Å². The van der Waals surface area contributed by atoms with E-state index in [9.17, 15) is 18.8 Å². The van der Waals surface area contributed by atoms with Crippen molar-refractivity contribution in [1.29, 1.82) is 0 Å².